The number of nitrogens with one attached hydrogen (secondary N) is 1. The van der Waals surface area contributed by atoms with Gasteiger partial charge < -0.3 is 5.11 Å². The minimum atomic E-state index is -3.80. The Balaban J connectivity index is 1.76. The second-order valence-electron chi connectivity index (χ2n) is 4.76. The molecule has 8 heteroatoms. The summed E-state index contributed by atoms with van der Waals surface area (Å²) >= 11 is 2.54. The van der Waals surface area contributed by atoms with Gasteiger partial charge in [0.1, 0.15) is 9.77 Å². The van der Waals surface area contributed by atoms with Gasteiger partial charge in [-0.25, -0.2) is 17.9 Å². The zero-order valence-electron chi connectivity index (χ0n) is 11.0. The van der Waals surface area contributed by atoms with Crippen molar-refractivity contribution in [3.8, 4) is 0 Å². The van der Waals surface area contributed by atoms with Crippen LogP contribution in [0.2, 0.25) is 0 Å². The molecule has 0 aliphatic heterocycles. The number of aryl methyl sites for hydroxylation is 2. The summed E-state index contributed by atoms with van der Waals surface area (Å²) in [4.78, 5) is 13.0. The SMILES string of the molecule is O=C(O)c1sccc1S(=O)(=O)NCc1cc2c(s1)CCC2. The summed E-state index contributed by atoms with van der Waals surface area (Å²) in [5, 5.41) is 10.5. The van der Waals surface area contributed by atoms with E-state index in [1.807, 2.05) is 6.07 Å². The van der Waals surface area contributed by atoms with E-state index in [-0.39, 0.29) is 16.3 Å². The van der Waals surface area contributed by atoms with E-state index in [9.17, 15) is 13.2 Å². The molecule has 1 aliphatic carbocycles. The van der Waals surface area contributed by atoms with Crippen LogP contribution in [0, 0.1) is 0 Å². The first kappa shape index (κ1) is 14.7. The molecule has 1 aliphatic rings. The van der Waals surface area contributed by atoms with Crippen molar-refractivity contribution >= 4 is 38.7 Å². The fourth-order valence-corrected chi connectivity index (χ4v) is 5.94. The zero-order chi connectivity index (χ0) is 15.0. The van der Waals surface area contributed by atoms with Crippen LogP contribution in [0.1, 0.15) is 31.4 Å². The van der Waals surface area contributed by atoms with Gasteiger partial charge in [-0.2, -0.15) is 0 Å². The highest BCUT2D eigenvalue weighted by Gasteiger charge is 2.24. The zero-order valence-corrected chi connectivity index (χ0v) is 13.4. The third kappa shape index (κ3) is 2.89. The predicted molar refractivity (Wildman–Crippen MR) is 81.6 cm³/mol. The molecule has 0 fully saturated rings. The first-order valence-corrected chi connectivity index (χ1v) is 9.56. The van der Waals surface area contributed by atoms with E-state index in [1.54, 1.807) is 11.3 Å². The lowest BCUT2D eigenvalue weighted by Crippen LogP contribution is -2.23. The maximum absolute atomic E-state index is 12.2. The molecular weight excluding hydrogens is 330 g/mol. The van der Waals surface area contributed by atoms with E-state index in [4.69, 9.17) is 5.11 Å². The van der Waals surface area contributed by atoms with E-state index in [1.165, 1.54) is 28.3 Å². The standard InChI is InChI=1S/C13H13NO4S3/c15-13(16)12-11(4-5-19-12)21(17,18)14-7-9-6-8-2-1-3-10(8)20-9/h4-6,14H,1-3,7H2,(H,15,16). The number of aromatic carboxylic acids is 1. The molecule has 21 heavy (non-hydrogen) atoms. The smallest absolute Gasteiger partial charge is 0.347 e. The summed E-state index contributed by atoms with van der Waals surface area (Å²) in [7, 11) is -3.80. The number of carboxylic acid groups (broad SMARTS) is 1. The summed E-state index contributed by atoms with van der Waals surface area (Å²) in [6.45, 7) is 0.203. The van der Waals surface area contributed by atoms with Gasteiger partial charge in [0.2, 0.25) is 10.0 Å². The molecule has 2 N–H and O–H groups in total. The fraction of sp³-hybridized carbons (Fsp3) is 0.308. The maximum Gasteiger partial charge on any atom is 0.347 e. The minimum Gasteiger partial charge on any atom is -0.477 e. The fourth-order valence-electron chi connectivity index (χ4n) is 2.39. The summed E-state index contributed by atoms with van der Waals surface area (Å²) < 4.78 is 26.9. The number of rotatable bonds is 5. The average Bonchev–Trinajstić information content (AvgIpc) is 3.11. The van der Waals surface area contributed by atoms with Crippen LogP contribution in [0.4, 0.5) is 0 Å². The molecule has 2 aromatic heterocycles. The van der Waals surface area contributed by atoms with Crippen molar-refractivity contribution in [2.45, 2.75) is 30.7 Å². The van der Waals surface area contributed by atoms with E-state index in [2.05, 4.69) is 4.72 Å². The van der Waals surface area contributed by atoms with Crippen LogP contribution in [0.25, 0.3) is 0 Å². The lowest BCUT2D eigenvalue weighted by Gasteiger charge is -2.05. The molecule has 5 nitrogen and oxygen atoms in total. The largest absolute Gasteiger partial charge is 0.477 e. The number of thiophene rings is 2. The van der Waals surface area contributed by atoms with E-state index in [0.29, 0.717) is 0 Å². The molecule has 112 valence electrons. The number of hydrogen-bond donors (Lipinski definition) is 2. The van der Waals surface area contributed by atoms with Crippen molar-refractivity contribution in [2.24, 2.45) is 0 Å². The molecule has 0 spiro atoms. The summed E-state index contributed by atoms with van der Waals surface area (Å²) in [5.74, 6) is -1.22. The van der Waals surface area contributed by atoms with Gasteiger partial charge in [0.15, 0.2) is 0 Å². The van der Waals surface area contributed by atoms with E-state index in [0.717, 1.165) is 29.1 Å². The number of fused-ring (bicyclic) bond motifs is 1. The molecule has 2 aromatic rings. The Morgan fingerprint density at radius 2 is 2.19 bits per heavy atom. The highest BCUT2D eigenvalue weighted by atomic mass is 32.2. The van der Waals surface area contributed by atoms with Crippen molar-refractivity contribution in [2.75, 3.05) is 0 Å². The Bertz CT molecular complexity index is 767. The topological polar surface area (TPSA) is 83.5 Å². The molecule has 0 amide bonds. The third-order valence-electron chi connectivity index (χ3n) is 3.35. The van der Waals surface area contributed by atoms with Crippen molar-refractivity contribution in [1.82, 2.24) is 4.72 Å². The van der Waals surface area contributed by atoms with Gasteiger partial charge in [-0.3, -0.25) is 0 Å². The predicted octanol–water partition coefficient (Wildman–Crippen LogP) is 2.48. The third-order valence-corrected chi connectivity index (χ3v) is 7.06. The Hall–Kier alpha value is -1.22. The molecule has 0 radical (unpaired) electrons. The second-order valence-corrected chi connectivity index (χ2v) is 8.63. The van der Waals surface area contributed by atoms with Crippen LogP contribution < -0.4 is 4.72 Å². The summed E-state index contributed by atoms with van der Waals surface area (Å²) in [6, 6.07) is 3.37. The average molecular weight is 343 g/mol. The van der Waals surface area contributed by atoms with Gasteiger partial charge in [-0.15, -0.1) is 22.7 Å². The molecule has 0 unspecified atom stereocenters. The molecular formula is C13H13NO4S3. The van der Waals surface area contributed by atoms with Crippen LogP contribution in [-0.4, -0.2) is 19.5 Å². The summed E-state index contributed by atoms with van der Waals surface area (Å²) in [5.41, 5.74) is 1.32. The van der Waals surface area contributed by atoms with Gasteiger partial charge in [0, 0.05) is 16.3 Å². The van der Waals surface area contributed by atoms with Crippen LogP contribution in [0.15, 0.2) is 22.4 Å². The number of carbonyl (C=O) groups is 1. The molecule has 0 atom stereocenters. The van der Waals surface area contributed by atoms with Crippen molar-refractivity contribution in [3.05, 3.63) is 37.7 Å². The van der Waals surface area contributed by atoms with Crippen LogP contribution in [0.5, 0.6) is 0 Å². The molecule has 0 aromatic carbocycles. The number of sulfonamides is 1. The highest BCUT2D eigenvalue weighted by Crippen LogP contribution is 2.31. The normalized spacial score (nSPS) is 14.3. The van der Waals surface area contributed by atoms with Crippen molar-refractivity contribution < 1.29 is 18.3 Å². The number of hydrogen-bond acceptors (Lipinski definition) is 5. The van der Waals surface area contributed by atoms with Crippen LogP contribution in [0.3, 0.4) is 0 Å². The Morgan fingerprint density at radius 3 is 2.90 bits per heavy atom. The number of carboxylic acids is 1. The van der Waals surface area contributed by atoms with Gasteiger partial charge in [0.05, 0.1) is 0 Å². The molecule has 0 saturated heterocycles. The lowest BCUT2D eigenvalue weighted by atomic mass is 10.2. The first-order valence-electron chi connectivity index (χ1n) is 6.38. The summed E-state index contributed by atoms with van der Waals surface area (Å²) in [6.07, 6.45) is 3.30. The van der Waals surface area contributed by atoms with Crippen LogP contribution in [-0.2, 0) is 29.4 Å². The molecule has 3 rings (SSSR count). The van der Waals surface area contributed by atoms with Crippen molar-refractivity contribution in [1.29, 1.82) is 0 Å². The Kier molecular flexibility index (Phi) is 3.87. The Labute approximate surface area is 130 Å². The molecule has 0 saturated carbocycles. The monoisotopic (exact) mass is 343 g/mol. The lowest BCUT2D eigenvalue weighted by molar-refractivity contribution is 0.0698. The molecule has 2 heterocycles. The van der Waals surface area contributed by atoms with E-state index >= 15 is 0 Å². The van der Waals surface area contributed by atoms with Gasteiger partial charge in [-0.05, 0) is 42.3 Å². The second kappa shape index (κ2) is 5.53. The van der Waals surface area contributed by atoms with Crippen LogP contribution >= 0.6 is 22.7 Å². The molecule has 0 bridgehead atoms. The van der Waals surface area contributed by atoms with Crippen molar-refractivity contribution in [3.63, 3.8) is 0 Å². The van der Waals surface area contributed by atoms with Gasteiger partial charge >= 0.3 is 5.97 Å². The van der Waals surface area contributed by atoms with Gasteiger partial charge in [0.25, 0.3) is 0 Å². The Morgan fingerprint density at radius 1 is 1.38 bits per heavy atom. The first-order chi connectivity index (χ1) is 9.97. The van der Waals surface area contributed by atoms with E-state index < -0.39 is 16.0 Å². The van der Waals surface area contributed by atoms with Gasteiger partial charge in [-0.1, -0.05) is 0 Å². The maximum atomic E-state index is 12.2. The highest BCUT2D eigenvalue weighted by molar-refractivity contribution is 7.89. The minimum absolute atomic E-state index is 0.156. The quantitative estimate of drug-likeness (QED) is 0.873.